The van der Waals surface area contributed by atoms with Crippen LogP contribution in [-0.2, 0) is 21.6 Å². The van der Waals surface area contributed by atoms with E-state index in [2.05, 4.69) is 10.5 Å². The Kier molecular flexibility index (Phi) is 3.30. The summed E-state index contributed by atoms with van der Waals surface area (Å²) in [5.74, 6) is -0.202. The molecule has 0 fully saturated rings. The topological polar surface area (TPSA) is 64.4 Å². The van der Waals surface area contributed by atoms with Crippen molar-refractivity contribution in [1.29, 1.82) is 0 Å². The van der Waals surface area contributed by atoms with E-state index in [-0.39, 0.29) is 5.91 Å². The molecule has 0 bridgehead atoms. The number of nitrogens with zero attached hydrogens (tertiary/aromatic N) is 1. The van der Waals surface area contributed by atoms with E-state index in [0.29, 0.717) is 40.4 Å². The number of rotatable bonds is 1. The van der Waals surface area contributed by atoms with Crippen molar-refractivity contribution in [1.82, 2.24) is 5.16 Å². The number of anilines is 1. The molecule has 1 amide bonds. The molecule has 1 aromatic heterocycles. The molecular weight excluding hydrogens is 347 g/mol. The molecule has 0 aliphatic carbocycles. The average Bonchev–Trinajstić information content (AvgIpc) is 3.12. The van der Waals surface area contributed by atoms with Crippen LogP contribution in [0.3, 0.4) is 0 Å². The lowest BCUT2D eigenvalue weighted by molar-refractivity contribution is -0.137. The highest BCUT2D eigenvalue weighted by atomic mass is 19.1. The minimum absolute atomic E-state index is 0.292. The van der Waals surface area contributed by atoms with Gasteiger partial charge in [0.25, 0.3) is 5.91 Å². The SMILES string of the molecule is Cc1noc(C)c1-c1cc2c(cc1F)NC(=O)C21OCCc2ccccc21. The van der Waals surface area contributed by atoms with Crippen LogP contribution in [0.4, 0.5) is 10.1 Å². The number of ether oxygens (including phenoxy) is 1. The molecule has 0 saturated carbocycles. The predicted octanol–water partition coefficient (Wildman–Crippen LogP) is 3.87. The molecule has 3 heterocycles. The first-order chi connectivity index (χ1) is 13.0. The summed E-state index contributed by atoms with van der Waals surface area (Å²) in [7, 11) is 0. The molecule has 27 heavy (non-hydrogen) atoms. The molecule has 0 radical (unpaired) electrons. The Bertz CT molecular complexity index is 1090. The van der Waals surface area contributed by atoms with E-state index in [1.807, 2.05) is 24.3 Å². The van der Waals surface area contributed by atoms with Crippen LogP contribution in [0.25, 0.3) is 11.1 Å². The summed E-state index contributed by atoms with van der Waals surface area (Å²) in [6, 6.07) is 10.8. The predicted molar refractivity (Wildman–Crippen MR) is 96.9 cm³/mol. The Morgan fingerprint density at radius 1 is 1.19 bits per heavy atom. The van der Waals surface area contributed by atoms with Crippen LogP contribution < -0.4 is 5.32 Å². The molecule has 2 aliphatic rings. The Balaban J connectivity index is 1.80. The summed E-state index contributed by atoms with van der Waals surface area (Å²) in [6.45, 7) is 3.93. The van der Waals surface area contributed by atoms with Gasteiger partial charge >= 0.3 is 0 Å². The Morgan fingerprint density at radius 2 is 2.00 bits per heavy atom. The first-order valence-corrected chi connectivity index (χ1v) is 8.83. The quantitative estimate of drug-likeness (QED) is 0.712. The third kappa shape index (κ3) is 2.07. The van der Waals surface area contributed by atoms with Crippen LogP contribution in [0.1, 0.15) is 28.1 Å². The van der Waals surface area contributed by atoms with Crippen molar-refractivity contribution in [3.05, 3.63) is 70.4 Å². The lowest BCUT2D eigenvalue weighted by atomic mass is 9.81. The van der Waals surface area contributed by atoms with Gasteiger partial charge in [0.15, 0.2) is 5.60 Å². The van der Waals surface area contributed by atoms with Gasteiger partial charge in [-0.3, -0.25) is 4.79 Å². The number of amides is 1. The molecule has 1 atom stereocenters. The second-order valence-electron chi connectivity index (χ2n) is 6.97. The summed E-state index contributed by atoms with van der Waals surface area (Å²) in [4.78, 5) is 13.0. The van der Waals surface area contributed by atoms with E-state index in [0.717, 1.165) is 17.5 Å². The number of aryl methyl sites for hydroxylation is 2. The number of carbonyl (C=O) groups is 1. The summed E-state index contributed by atoms with van der Waals surface area (Å²) >= 11 is 0. The normalized spacial score (nSPS) is 20.5. The first-order valence-electron chi connectivity index (χ1n) is 8.83. The second kappa shape index (κ2) is 5.50. The first kappa shape index (κ1) is 16.2. The number of aromatic nitrogens is 1. The molecule has 136 valence electrons. The number of carbonyl (C=O) groups excluding carboxylic acids is 1. The molecule has 2 aromatic carbocycles. The molecule has 6 heteroatoms. The van der Waals surface area contributed by atoms with Gasteiger partial charge in [-0.25, -0.2) is 4.39 Å². The van der Waals surface area contributed by atoms with E-state index in [1.54, 1.807) is 19.9 Å². The molecule has 5 nitrogen and oxygen atoms in total. The zero-order valence-electron chi connectivity index (χ0n) is 14.9. The van der Waals surface area contributed by atoms with Gasteiger partial charge in [-0.15, -0.1) is 0 Å². The lowest BCUT2D eigenvalue weighted by Crippen LogP contribution is -2.42. The maximum Gasteiger partial charge on any atom is 0.266 e. The van der Waals surface area contributed by atoms with Crippen LogP contribution in [-0.4, -0.2) is 17.7 Å². The maximum atomic E-state index is 14.9. The summed E-state index contributed by atoms with van der Waals surface area (Å²) in [6.07, 6.45) is 0.735. The monoisotopic (exact) mass is 364 g/mol. The minimum atomic E-state index is -1.26. The van der Waals surface area contributed by atoms with Crippen molar-refractivity contribution in [3.8, 4) is 11.1 Å². The number of halogens is 1. The molecule has 5 rings (SSSR count). The summed E-state index contributed by atoms with van der Waals surface area (Å²) in [5.41, 5.74) is 3.23. The van der Waals surface area contributed by atoms with Gasteiger partial charge < -0.3 is 14.6 Å². The van der Waals surface area contributed by atoms with Crippen molar-refractivity contribution < 1.29 is 18.4 Å². The summed E-state index contributed by atoms with van der Waals surface area (Å²) < 4.78 is 26.2. The highest BCUT2D eigenvalue weighted by Crippen LogP contribution is 2.49. The van der Waals surface area contributed by atoms with Gasteiger partial charge in [-0.05, 0) is 38.0 Å². The highest BCUT2D eigenvalue weighted by molar-refractivity contribution is 6.08. The van der Waals surface area contributed by atoms with Crippen molar-refractivity contribution >= 4 is 11.6 Å². The fraction of sp³-hybridized carbons (Fsp3) is 0.238. The van der Waals surface area contributed by atoms with Gasteiger partial charge in [-0.1, -0.05) is 29.4 Å². The van der Waals surface area contributed by atoms with Gasteiger partial charge in [0.1, 0.15) is 11.6 Å². The van der Waals surface area contributed by atoms with E-state index in [1.165, 1.54) is 6.07 Å². The molecule has 0 saturated heterocycles. The molecule has 1 N–H and O–H groups in total. The van der Waals surface area contributed by atoms with Crippen molar-refractivity contribution in [2.24, 2.45) is 0 Å². The fourth-order valence-electron chi connectivity index (χ4n) is 4.24. The van der Waals surface area contributed by atoms with E-state index in [4.69, 9.17) is 9.26 Å². The minimum Gasteiger partial charge on any atom is -0.361 e. The number of hydrogen-bond donors (Lipinski definition) is 1. The molecule has 3 aromatic rings. The van der Waals surface area contributed by atoms with Gasteiger partial charge in [-0.2, -0.15) is 0 Å². The van der Waals surface area contributed by atoms with E-state index in [9.17, 15) is 9.18 Å². The van der Waals surface area contributed by atoms with Crippen LogP contribution in [0, 0.1) is 19.7 Å². The van der Waals surface area contributed by atoms with Crippen molar-refractivity contribution in [2.45, 2.75) is 25.9 Å². The number of hydrogen-bond acceptors (Lipinski definition) is 4. The average molecular weight is 364 g/mol. The summed E-state index contributed by atoms with van der Waals surface area (Å²) in [5, 5.41) is 6.73. The highest BCUT2D eigenvalue weighted by Gasteiger charge is 2.52. The Labute approximate surface area is 155 Å². The van der Waals surface area contributed by atoms with Crippen LogP contribution in [0.5, 0.6) is 0 Å². The Hall–Kier alpha value is -2.99. The van der Waals surface area contributed by atoms with Gasteiger partial charge in [0.2, 0.25) is 0 Å². The number of nitrogens with one attached hydrogen (secondary N) is 1. The molecule has 1 spiro atoms. The third-order valence-electron chi connectivity index (χ3n) is 5.44. The fourth-order valence-corrected chi connectivity index (χ4v) is 4.24. The Morgan fingerprint density at radius 3 is 2.78 bits per heavy atom. The van der Waals surface area contributed by atoms with Gasteiger partial charge in [0, 0.05) is 16.7 Å². The van der Waals surface area contributed by atoms with E-state index >= 15 is 0 Å². The third-order valence-corrected chi connectivity index (χ3v) is 5.44. The second-order valence-corrected chi connectivity index (χ2v) is 6.97. The van der Waals surface area contributed by atoms with Crippen LogP contribution >= 0.6 is 0 Å². The molecule has 2 aliphatic heterocycles. The standard InChI is InChI=1S/C21H17FN2O3/c1-11-19(12(2)27-24-11)14-9-16-18(10-17(14)22)23-20(25)21(16)15-6-4-3-5-13(15)7-8-26-21/h3-6,9-10H,7-8H2,1-2H3,(H,23,25). The molecule has 1 unspecified atom stereocenters. The lowest BCUT2D eigenvalue weighted by Gasteiger charge is -2.34. The van der Waals surface area contributed by atoms with E-state index < -0.39 is 11.4 Å². The molecular formula is C21H17FN2O3. The number of benzene rings is 2. The van der Waals surface area contributed by atoms with Crippen molar-refractivity contribution in [2.75, 3.05) is 11.9 Å². The zero-order valence-corrected chi connectivity index (χ0v) is 14.9. The maximum absolute atomic E-state index is 14.9. The van der Waals surface area contributed by atoms with Crippen molar-refractivity contribution in [3.63, 3.8) is 0 Å². The smallest absolute Gasteiger partial charge is 0.266 e. The zero-order chi connectivity index (χ0) is 18.8. The number of fused-ring (bicyclic) bond motifs is 4. The van der Waals surface area contributed by atoms with Gasteiger partial charge in [0.05, 0.1) is 23.6 Å². The largest absolute Gasteiger partial charge is 0.361 e. The van der Waals surface area contributed by atoms with Crippen LogP contribution in [0.15, 0.2) is 40.9 Å². The van der Waals surface area contributed by atoms with Crippen LogP contribution in [0.2, 0.25) is 0 Å².